The van der Waals surface area contributed by atoms with Gasteiger partial charge in [-0.1, -0.05) is 18.2 Å². The number of methoxy groups -OCH3 is 2. The van der Waals surface area contributed by atoms with Crippen LogP contribution in [0.1, 0.15) is 35.6 Å². The third kappa shape index (κ3) is 2.37. The average Bonchev–Trinajstić information content (AvgIpc) is 3.20. The van der Waals surface area contributed by atoms with Crippen LogP contribution in [0.3, 0.4) is 0 Å². The molecule has 3 atom stereocenters. The van der Waals surface area contributed by atoms with Gasteiger partial charge in [-0.05, 0) is 42.7 Å². The number of ether oxygens (including phenoxy) is 3. The molecule has 6 nitrogen and oxygen atoms in total. The first-order chi connectivity index (χ1) is 14.5. The number of fused-ring (bicyclic) bond motifs is 3. The van der Waals surface area contributed by atoms with E-state index >= 15 is 0 Å². The number of benzene rings is 2. The molecule has 6 heteroatoms. The Morgan fingerprint density at radius 2 is 1.87 bits per heavy atom. The second-order valence-electron chi connectivity index (χ2n) is 7.79. The van der Waals surface area contributed by atoms with Crippen molar-refractivity contribution in [3.63, 3.8) is 0 Å². The lowest BCUT2D eigenvalue weighted by Gasteiger charge is -2.40. The van der Waals surface area contributed by atoms with Crippen LogP contribution in [0.5, 0.6) is 23.0 Å². The Kier molecular flexibility index (Phi) is 4.15. The molecule has 3 aromatic rings. The van der Waals surface area contributed by atoms with Crippen LogP contribution in [0.4, 0.5) is 0 Å². The SMILES string of the molecule is COc1ccc(C23Oc4cc(O)cc(OC)c4C2(O)CCC3c2ccccn2)cc1. The Morgan fingerprint density at radius 3 is 2.53 bits per heavy atom. The van der Waals surface area contributed by atoms with E-state index in [1.54, 1.807) is 13.3 Å². The number of hydrogen-bond acceptors (Lipinski definition) is 6. The van der Waals surface area contributed by atoms with Crippen LogP contribution in [-0.4, -0.2) is 29.4 Å². The highest BCUT2D eigenvalue weighted by atomic mass is 16.5. The first kappa shape index (κ1) is 18.8. The molecule has 0 radical (unpaired) electrons. The number of hydrogen-bond donors (Lipinski definition) is 2. The number of phenolic OH excluding ortho intramolecular Hbond substituents is 1. The van der Waals surface area contributed by atoms with Crippen LogP contribution < -0.4 is 14.2 Å². The predicted octanol–water partition coefficient (Wildman–Crippen LogP) is 3.86. The van der Waals surface area contributed by atoms with Gasteiger partial charge in [0.25, 0.3) is 0 Å². The molecule has 0 saturated heterocycles. The van der Waals surface area contributed by atoms with Gasteiger partial charge in [-0.3, -0.25) is 4.98 Å². The summed E-state index contributed by atoms with van der Waals surface area (Å²) >= 11 is 0. The van der Waals surface area contributed by atoms with Crippen molar-refractivity contribution in [3.05, 3.63) is 77.6 Å². The summed E-state index contributed by atoms with van der Waals surface area (Å²) in [5.74, 6) is 1.37. The molecule has 3 unspecified atom stereocenters. The molecule has 154 valence electrons. The molecule has 1 aliphatic heterocycles. The van der Waals surface area contributed by atoms with Crippen LogP contribution in [0.15, 0.2) is 60.8 Å². The first-order valence-electron chi connectivity index (χ1n) is 9.92. The molecular weight excluding hydrogens is 382 g/mol. The van der Waals surface area contributed by atoms with Gasteiger partial charge in [-0.2, -0.15) is 0 Å². The zero-order chi connectivity index (χ0) is 20.9. The standard InChI is InChI=1S/C24H23NO5/c1-28-17-8-6-15(7-9-17)24-18(19-5-3-4-12-25-19)10-11-23(24,27)22-20(29-2)13-16(26)14-21(22)30-24/h3-9,12-14,18,26-27H,10-11H2,1-2H3. The Balaban J connectivity index is 1.77. The van der Waals surface area contributed by atoms with Gasteiger partial charge in [0.2, 0.25) is 0 Å². The van der Waals surface area contributed by atoms with E-state index in [1.165, 1.54) is 19.2 Å². The minimum absolute atomic E-state index is 0.0217. The van der Waals surface area contributed by atoms with Gasteiger partial charge < -0.3 is 24.4 Å². The molecule has 0 spiro atoms. The minimum atomic E-state index is -1.35. The Morgan fingerprint density at radius 1 is 1.07 bits per heavy atom. The highest BCUT2D eigenvalue weighted by Crippen LogP contribution is 2.68. The maximum absolute atomic E-state index is 12.2. The van der Waals surface area contributed by atoms with E-state index in [-0.39, 0.29) is 11.7 Å². The second-order valence-corrected chi connectivity index (χ2v) is 7.79. The topological polar surface area (TPSA) is 81.0 Å². The Bertz CT molecular complexity index is 1080. The molecule has 0 amide bonds. The van der Waals surface area contributed by atoms with Gasteiger partial charge in [0.05, 0.1) is 19.8 Å². The summed E-state index contributed by atoms with van der Waals surface area (Å²) in [6.45, 7) is 0. The molecular formula is C24H23NO5. The summed E-state index contributed by atoms with van der Waals surface area (Å²) < 4.78 is 17.5. The lowest BCUT2D eigenvalue weighted by Crippen LogP contribution is -2.48. The molecule has 30 heavy (non-hydrogen) atoms. The van der Waals surface area contributed by atoms with E-state index in [2.05, 4.69) is 4.98 Å². The van der Waals surface area contributed by atoms with E-state index in [1.807, 2.05) is 42.5 Å². The van der Waals surface area contributed by atoms with Crippen molar-refractivity contribution in [3.8, 4) is 23.0 Å². The van der Waals surface area contributed by atoms with Crippen LogP contribution in [0.25, 0.3) is 0 Å². The summed E-state index contributed by atoms with van der Waals surface area (Å²) in [4.78, 5) is 4.58. The van der Waals surface area contributed by atoms with Crippen molar-refractivity contribution in [1.82, 2.24) is 4.98 Å². The van der Waals surface area contributed by atoms with Crippen LogP contribution in [-0.2, 0) is 11.2 Å². The highest BCUT2D eigenvalue weighted by molar-refractivity contribution is 5.61. The average molecular weight is 405 g/mol. The monoisotopic (exact) mass is 405 g/mol. The van der Waals surface area contributed by atoms with Crippen molar-refractivity contribution < 1.29 is 24.4 Å². The normalized spacial score (nSPS) is 26.6. The first-order valence-corrected chi connectivity index (χ1v) is 9.92. The van der Waals surface area contributed by atoms with E-state index in [0.717, 1.165) is 17.0 Å². The third-order valence-corrected chi connectivity index (χ3v) is 6.42. The van der Waals surface area contributed by atoms with Crippen molar-refractivity contribution in [2.45, 2.75) is 30.0 Å². The fourth-order valence-corrected chi connectivity index (χ4v) is 5.17. The lowest BCUT2D eigenvalue weighted by molar-refractivity contribution is -0.106. The van der Waals surface area contributed by atoms with Gasteiger partial charge in [0, 0.05) is 29.9 Å². The van der Waals surface area contributed by atoms with Gasteiger partial charge in [-0.15, -0.1) is 0 Å². The summed E-state index contributed by atoms with van der Waals surface area (Å²) in [7, 11) is 3.14. The number of aliphatic hydroxyl groups is 1. The third-order valence-electron chi connectivity index (χ3n) is 6.42. The summed E-state index contributed by atoms with van der Waals surface area (Å²) in [5, 5.41) is 22.4. The van der Waals surface area contributed by atoms with Crippen molar-refractivity contribution in [1.29, 1.82) is 0 Å². The molecule has 2 aromatic carbocycles. The zero-order valence-electron chi connectivity index (χ0n) is 16.8. The fourth-order valence-electron chi connectivity index (χ4n) is 5.17. The van der Waals surface area contributed by atoms with E-state index in [9.17, 15) is 10.2 Å². The van der Waals surface area contributed by atoms with Crippen molar-refractivity contribution in [2.24, 2.45) is 0 Å². The highest BCUT2D eigenvalue weighted by Gasteiger charge is 2.69. The minimum Gasteiger partial charge on any atom is -0.508 e. The number of aromatic hydroxyl groups is 1. The van der Waals surface area contributed by atoms with Gasteiger partial charge >= 0.3 is 0 Å². The molecule has 1 fully saturated rings. The number of pyridine rings is 1. The van der Waals surface area contributed by atoms with Gasteiger partial charge in [-0.25, -0.2) is 0 Å². The maximum atomic E-state index is 12.2. The summed E-state index contributed by atoms with van der Waals surface area (Å²) in [5.41, 5.74) is -0.233. The Labute approximate surface area is 174 Å². The van der Waals surface area contributed by atoms with E-state index in [0.29, 0.717) is 29.9 Å². The zero-order valence-corrected chi connectivity index (χ0v) is 16.8. The Hall–Kier alpha value is -3.25. The van der Waals surface area contributed by atoms with Crippen molar-refractivity contribution in [2.75, 3.05) is 14.2 Å². The number of rotatable bonds is 4. The molecule has 2 N–H and O–H groups in total. The fraction of sp³-hybridized carbons (Fsp3) is 0.292. The molecule has 2 heterocycles. The van der Waals surface area contributed by atoms with Gasteiger partial charge in [0.1, 0.15) is 28.6 Å². The van der Waals surface area contributed by atoms with Crippen LogP contribution in [0.2, 0.25) is 0 Å². The van der Waals surface area contributed by atoms with E-state index in [4.69, 9.17) is 14.2 Å². The molecule has 0 bridgehead atoms. The largest absolute Gasteiger partial charge is 0.508 e. The van der Waals surface area contributed by atoms with Crippen molar-refractivity contribution >= 4 is 0 Å². The van der Waals surface area contributed by atoms with E-state index < -0.39 is 11.2 Å². The molecule has 1 aliphatic carbocycles. The molecule has 1 aromatic heterocycles. The lowest BCUT2D eigenvalue weighted by atomic mass is 9.72. The maximum Gasteiger partial charge on any atom is 0.175 e. The number of phenols is 1. The second kappa shape index (κ2) is 6.64. The quantitative estimate of drug-likeness (QED) is 0.686. The number of aromatic nitrogens is 1. The molecule has 2 aliphatic rings. The van der Waals surface area contributed by atoms with Crippen LogP contribution >= 0.6 is 0 Å². The predicted molar refractivity (Wildman–Crippen MR) is 110 cm³/mol. The molecule has 1 saturated carbocycles. The molecule has 5 rings (SSSR count). The summed E-state index contributed by atoms with van der Waals surface area (Å²) in [6.07, 6.45) is 2.90. The van der Waals surface area contributed by atoms with Crippen LogP contribution in [0, 0.1) is 0 Å². The smallest absolute Gasteiger partial charge is 0.175 e. The summed E-state index contributed by atoms with van der Waals surface area (Å²) in [6, 6.07) is 16.4. The number of nitrogens with zero attached hydrogens (tertiary/aromatic N) is 1. The van der Waals surface area contributed by atoms with Gasteiger partial charge in [0.15, 0.2) is 5.60 Å².